The third kappa shape index (κ3) is 7.91. The van der Waals surface area contributed by atoms with Gasteiger partial charge in [-0.05, 0) is 60.2 Å². The van der Waals surface area contributed by atoms with Crippen LogP contribution in [-0.4, -0.2) is 28.5 Å². The second kappa shape index (κ2) is 12.9. The van der Waals surface area contributed by atoms with Crippen LogP contribution in [0.2, 0.25) is 0 Å². The maximum absolute atomic E-state index is 13.1. The molecule has 0 fully saturated rings. The van der Waals surface area contributed by atoms with E-state index < -0.39 is 5.91 Å². The number of nitrogens with one attached hydrogen (secondary N) is 3. The summed E-state index contributed by atoms with van der Waals surface area (Å²) in [5.41, 5.74) is 1.89. The van der Waals surface area contributed by atoms with Gasteiger partial charge >= 0.3 is 0 Å². The summed E-state index contributed by atoms with van der Waals surface area (Å²) in [6, 6.07) is 30.4. The molecule has 0 spiro atoms. The van der Waals surface area contributed by atoms with Crippen molar-refractivity contribution in [1.29, 1.82) is 0 Å². The van der Waals surface area contributed by atoms with Gasteiger partial charge in [0.25, 0.3) is 11.8 Å². The van der Waals surface area contributed by atoms with E-state index in [9.17, 15) is 14.4 Å². The molecule has 0 saturated carbocycles. The second-order valence-electron chi connectivity index (χ2n) is 7.82. The molecule has 3 aromatic carbocycles. The van der Waals surface area contributed by atoms with Crippen molar-refractivity contribution >= 4 is 47.1 Å². The Morgan fingerprint density at radius 2 is 1.43 bits per heavy atom. The molecule has 0 aliphatic rings. The molecule has 1 aromatic heterocycles. The van der Waals surface area contributed by atoms with Crippen molar-refractivity contribution in [3.8, 4) is 0 Å². The first-order valence-corrected chi connectivity index (χ1v) is 12.4. The van der Waals surface area contributed by atoms with Gasteiger partial charge in [-0.15, -0.1) is 11.8 Å². The Bertz CT molecular complexity index is 1380. The number of hydrogen-bond acceptors (Lipinski definition) is 5. The number of carbonyl (C=O) groups excluding carboxylic acids is 3. The lowest BCUT2D eigenvalue weighted by molar-refractivity contribution is -0.114. The standard InChI is InChI=1S/C29H24N4O3S/c34-27(33-26-13-7-8-18-30-26)20-37-24-16-14-23(15-17-24)31-29(36)25(19-21-9-3-1-4-10-21)32-28(35)22-11-5-2-6-12-22/h1-19H,20H2,(H,31,36)(H,32,35)(H,30,33,34)/b25-19-. The second-order valence-corrected chi connectivity index (χ2v) is 8.87. The van der Waals surface area contributed by atoms with Crippen LogP contribution in [0.3, 0.4) is 0 Å². The van der Waals surface area contributed by atoms with E-state index >= 15 is 0 Å². The molecule has 0 radical (unpaired) electrons. The van der Waals surface area contributed by atoms with E-state index in [1.807, 2.05) is 48.5 Å². The summed E-state index contributed by atoms with van der Waals surface area (Å²) in [5, 5.41) is 8.29. The van der Waals surface area contributed by atoms with Crippen LogP contribution in [0.1, 0.15) is 15.9 Å². The largest absolute Gasteiger partial charge is 0.321 e. The quantitative estimate of drug-likeness (QED) is 0.213. The maximum atomic E-state index is 13.1. The molecular weight excluding hydrogens is 484 g/mol. The van der Waals surface area contributed by atoms with E-state index in [4.69, 9.17) is 0 Å². The minimum Gasteiger partial charge on any atom is -0.321 e. The molecule has 0 aliphatic carbocycles. The number of amides is 3. The van der Waals surface area contributed by atoms with Crippen molar-refractivity contribution in [3.63, 3.8) is 0 Å². The fourth-order valence-corrected chi connectivity index (χ4v) is 3.95. The maximum Gasteiger partial charge on any atom is 0.272 e. The third-order valence-electron chi connectivity index (χ3n) is 5.05. The summed E-state index contributed by atoms with van der Waals surface area (Å²) in [6.45, 7) is 0. The Morgan fingerprint density at radius 3 is 2.11 bits per heavy atom. The molecule has 37 heavy (non-hydrogen) atoms. The van der Waals surface area contributed by atoms with Crippen LogP contribution in [0.4, 0.5) is 11.5 Å². The summed E-state index contributed by atoms with van der Waals surface area (Å²) in [4.78, 5) is 42.9. The highest BCUT2D eigenvalue weighted by molar-refractivity contribution is 8.00. The summed E-state index contributed by atoms with van der Waals surface area (Å²) < 4.78 is 0. The van der Waals surface area contributed by atoms with E-state index in [0.717, 1.165) is 10.5 Å². The number of benzene rings is 3. The Hall–Kier alpha value is -4.69. The molecule has 0 saturated heterocycles. The molecule has 1 heterocycles. The lowest BCUT2D eigenvalue weighted by Crippen LogP contribution is -2.30. The van der Waals surface area contributed by atoms with Crippen LogP contribution >= 0.6 is 11.8 Å². The minimum atomic E-state index is -0.455. The number of carbonyl (C=O) groups is 3. The highest BCUT2D eigenvalue weighted by Gasteiger charge is 2.15. The normalized spacial score (nSPS) is 10.9. The number of rotatable bonds is 9. The summed E-state index contributed by atoms with van der Waals surface area (Å²) in [6.07, 6.45) is 3.24. The molecule has 4 rings (SSSR count). The number of nitrogens with zero attached hydrogens (tertiary/aromatic N) is 1. The molecule has 4 aromatic rings. The number of pyridine rings is 1. The first-order chi connectivity index (χ1) is 18.1. The molecule has 0 bridgehead atoms. The Balaban J connectivity index is 1.39. The zero-order chi connectivity index (χ0) is 25.9. The lowest BCUT2D eigenvalue weighted by atomic mass is 10.1. The van der Waals surface area contributed by atoms with Crippen molar-refractivity contribution in [2.45, 2.75) is 4.90 Å². The lowest BCUT2D eigenvalue weighted by Gasteiger charge is -2.12. The van der Waals surface area contributed by atoms with Crippen molar-refractivity contribution in [1.82, 2.24) is 10.3 Å². The van der Waals surface area contributed by atoms with Crippen LogP contribution in [0.25, 0.3) is 6.08 Å². The molecule has 8 heteroatoms. The van der Waals surface area contributed by atoms with Crippen LogP contribution in [0.15, 0.2) is 120 Å². The van der Waals surface area contributed by atoms with Gasteiger partial charge in [-0.1, -0.05) is 54.6 Å². The number of thioether (sulfide) groups is 1. The zero-order valence-corrected chi connectivity index (χ0v) is 20.6. The highest BCUT2D eigenvalue weighted by atomic mass is 32.2. The smallest absolute Gasteiger partial charge is 0.272 e. The van der Waals surface area contributed by atoms with Gasteiger partial charge in [-0.2, -0.15) is 0 Å². The Morgan fingerprint density at radius 1 is 0.757 bits per heavy atom. The molecule has 184 valence electrons. The van der Waals surface area contributed by atoms with Gasteiger partial charge in [0.05, 0.1) is 5.75 Å². The highest BCUT2D eigenvalue weighted by Crippen LogP contribution is 2.21. The minimum absolute atomic E-state index is 0.115. The molecular formula is C29H24N4O3S. The summed E-state index contributed by atoms with van der Waals surface area (Å²) in [7, 11) is 0. The zero-order valence-electron chi connectivity index (χ0n) is 19.8. The number of aromatic nitrogens is 1. The van der Waals surface area contributed by atoms with Gasteiger partial charge in [-0.3, -0.25) is 14.4 Å². The SMILES string of the molecule is O=C(CSc1ccc(NC(=O)/C(=C/c2ccccc2)NC(=O)c2ccccc2)cc1)Nc1ccccn1. The van der Waals surface area contributed by atoms with E-state index in [2.05, 4.69) is 20.9 Å². The van der Waals surface area contributed by atoms with Gasteiger partial charge in [0.2, 0.25) is 5.91 Å². The van der Waals surface area contributed by atoms with Crippen molar-refractivity contribution in [2.75, 3.05) is 16.4 Å². The van der Waals surface area contributed by atoms with Crippen molar-refractivity contribution in [3.05, 3.63) is 126 Å². The topological polar surface area (TPSA) is 100 Å². The molecule has 0 atom stereocenters. The van der Waals surface area contributed by atoms with Crippen molar-refractivity contribution < 1.29 is 14.4 Å². The first-order valence-electron chi connectivity index (χ1n) is 11.4. The van der Waals surface area contributed by atoms with E-state index in [1.54, 1.807) is 66.9 Å². The molecule has 0 unspecified atom stereocenters. The molecule has 7 nitrogen and oxygen atoms in total. The summed E-state index contributed by atoms with van der Waals surface area (Å²) in [5.74, 6) is -0.273. The number of anilines is 2. The average Bonchev–Trinajstić information content (AvgIpc) is 2.94. The summed E-state index contributed by atoms with van der Waals surface area (Å²) >= 11 is 1.37. The average molecular weight is 509 g/mol. The number of hydrogen-bond donors (Lipinski definition) is 3. The van der Waals surface area contributed by atoms with Gasteiger partial charge in [0.15, 0.2) is 0 Å². The fourth-order valence-electron chi connectivity index (χ4n) is 3.26. The predicted octanol–water partition coefficient (Wildman–Crippen LogP) is 5.22. The van der Waals surface area contributed by atoms with E-state index in [1.165, 1.54) is 11.8 Å². The van der Waals surface area contributed by atoms with Crippen LogP contribution in [0, 0.1) is 0 Å². The van der Waals surface area contributed by atoms with Crippen molar-refractivity contribution in [2.24, 2.45) is 0 Å². The van der Waals surface area contributed by atoms with Crippen LogP contribution in [-0.2, 0) is 9.59 Å². The molecule has 0 aliphatic heterocycles. The predicted molar refractivity (Wildman–Crippen MR) is 147 cm³/mol. The Labute approximate surface area is 219 Å². The van der Waals surface area contributed by atoms with Gasteiger partial charge in [0.1, 0.15) is 11.5 Å². The molecule has 3 amide bonds. The monoisotopic (exact) mass is 508 g/mol. The van der Waals surface area contributed by atoms with Gasteiger partial charge in [0, 0.05) is 22.3 Å². The Kier molecular flexibility index (Phi) is 8.82. The van der Waals surface area contributed by atoms with E-state index in [0.29, 0.717) is 17.1 Å². The van der Waals surface area contributed by atoms with E-state index in [-0.39, 0.29) is 23.3 Å². The van der Waals surface area contributed by atoms with Crippen LogP contribution < -0.4 is 16.0 Å². The molecule has 3 N–H and O–H groups in total. The fraction of sp³-hybridized carbons (Fsp3) is 0.0345. The first kappa shape index (κ1) is 25.4. The van der Waals surface area contributed by atoms with Gasteiger partial charge in [-0.25, -0.2) is 4.98 Å². The third-order valence-corrected chi connectivity index (χ3v) is 6.07. The van der Waals surface area contributed by atoms with Gasteiger partial charge < -0.3 is 16.0 Å². The van der Waals surface area contributed by atoms with Crippen LogP contribution in [0.5, 0.6) is 0 Å².